The van der Waals surface area contributed by atoms with Crippen molar-refractivity contribution in [3.8, 4) is 0 Å². The van der Waals surface area contributed by atoms with E-state index in [0.29, 0.717) is 18.0 Å². The van der Waals surface area contributed by atoms with Crippen LogP contribution in [0.5, 0.6) is 0 Å². The monoisotopic (exact) mass is 513 g/mol. The van der Waals surface area contributed by atoms with Crippen LogP contribution in [0.3, 0.4) is 0 Å². The topological polar surface area (TPSA) is 37.6 Å². The predicted molar refractivity (Wildman–Crippen MR) is 158 cm³/mol. The number of carbonyl (C=O) groups excluding carboxylic acids is 1. The molecule has 0 radical (unpaired) electrons. The van der Waals surface area contributed by atoms with Gasteiger partial charge < -0.3 is 4.57 Å². The van der Waals surface area contributed by atoms with E-state index in [1.165, 1.54) is 17.3 Å². The van der Waals surface area contributed by atoms with Gasteiger partial charge in [-0.1, -0.05) is 109 Å². The highest BCUT2D eigenvalue weighted by Crippen LogP contribution is 2.35. The molecule has 1 aliphatic rings. The van der Waals surface area contributed by atoms with Gasteiger partial charge in [0.05, 0.1) is 18.0 Å². The lowest BCUT2D eigenvalue weighted by Gasteiger charge is -2.15. The van der Waals surface area contributed by atoms with E-state index in [2.05, 4.69) is 71.4 Å². The third kappa shape index (κ3) is 5.20. The molecule has 5 aromatic rings. The largest absolute Gasteiger partial charge is 0.342 e. The number of rotatable bonds is 7. The van der Waals surface area contributed by atoms with E-state index in [0.717, 1.165) is 39.3 Å². The van der Waals surface area contributed by atoms with Gasteiger partial charge in [-0.25, -0.2) is 0 Å². The lowest BCUT2D eigenvalue weighted by molar-refractivity contribution is -0.122. The summed E-state index contributed by atoms with van der Waals surface area (Å²) in [5.41, 5.74) is 5.63. The van der Waals surface area contributed by atoms with Gasteiger partial charge in [0, 0.05) is 29.2 Å². The molecular weight excluding hydrogens is 486 g/mol. The first-order chi connectivity index (χ1) is 18.7. The molecule has 0 saturated carbocycles. The summed E-state index contributed by atoms with van der Waals surface area (Å²) in [4.78, 5) is 21.1. The second-order valence-corrected chi connectivity index (χ2v) is 10.3. The second-order valence-electron chi connectivity index (χ2n) is 9.29. The zero-order valence-corrected chi connectivity index (χ0v) is 21.7. The minimum atomic E-state index is -0.00875. The van der Waals surface area contributed by atoms with E-state index in [9.17, 15) is 4.79 Å². The average molecular weight is 514 g/mol. The Hall–Kier alpha value is -4.35. The zero-order valence-electron chi connectivity index (χ0n) is 20.9. The fourth-order valence-electron chi connectivity index (χ4n) is 4.72. The molecule has 1 aliphatic heterocycles. The summed E-state index contributed by atoms with van der Waals surface area (Å²) in [7, 11) is 0. The number of nitrogens with zero attached hydrogens (tertiary/aromatic N) is 3. The molecule has 4 nitrogen and oxygen atoms in total. The third-order valence-electron chi connectivity index (χ3n) is 6.61. The molecule has 6 rings (SSSR count). The van der Waals surface area contributed by atoms with Gasteiger partial charge >= 0.3 is 0 Å². The molecule has 0 spiro atoms. The van der Waals surface area contributed by atoms with E-state index < -0.39 is 0 Å². The lowest BCUT2D eigenvalue weighted by Crippen LogP contribution is -2.28. The number of hydrogen-bond donors (Lipinski definition) is 0. The quantitative estimate of drug-likeness (QED) is 0.213. The molecule has 2 heterocycles. The van der Waals surface area contributed by atoms with Crippen LogP contribution in [0.15, 0.2) is 131 Å². The minimum Gasteiger partial charge on any atom is -0.342 e. The number of thioether (sulfide) groups is 1. The van der Waals surface area contributed by atoms with Gasteiger partial charge in [-0.3, -0.25) is 14.7 Å². The highest BCUT2D eigenvalue weighted by atomic mass is 32.2. The van der Waals surface area contributed by atoms with Crippen molar-refractivity contribution < 1.29 is 4.79 Å². The Labute approximate surface area is 227 Å². The number of fused-ring (bicyclic) bond motifs is 1. The molecule has 1 aromatic heterocycles. The molecule has 0 unspecified atom stereocenters. The van der Waals surface area contributed by atoms with Gasteiger partial charge in [-0.2, -0.15) is 0 Å². The van der Waals surface area contributed by atoms with E-state index in [1.54, 1.807) is 4.90 Å². The summed E-state index contributed by atoms with van der Waals surface area (Å²) in [6.07, 6.45) is 4.18. The highest BCUT2D eigenvalue weighted by Gasteiger charge is 2.33. The highest BCUT2D eigenvalue weighted by molar-refractivity contribution is 8.18. The van der Waals surface area contributed by atoms with Crippen molar-refractivity contribution >= 4 is 39.8 Å². The maximum Gasteiger partial charge on any atom is 0.267 e. The molecule has 0 atom stereocenters. The van der Waals surface area contributed by atoms with Crippen LogP contribution in [0.25, 0.3) is 17.0 Å². The number of hydrogen-bond acceptors (Lipinski definition) is 3. The van der Waals surface area contributed by atoms with Crippen LogP contribution in [0, 0.1) is 0 Å². The Morgan fingerprint density at radius 2 is 1.26 bits per heavy atom. The van der Waals surface area contributed by atoms with E-state index >= 15 is 0 Å². The summed E-state index contributed by atoms with van der Waals surface area (Å²) in [5.74, 6) is -0.00875. The van der Waals surface area contributed by atoms with Crippen LogP contribution in [0.2, 0.25) is 0 Å². The smallest absolute Gasteiger partial charge is 0.267 e. The standard InChI is InChI=1S/C33H27N3OS/c37-32-31(20-28-24-35(22-26-14-6-2-7-15-26)30-19-11-10-18-29(28)30)38-33(34-21-25-12-4-1-5-13-25)36(32)23-27-16-8-3-9-17-27/h1-20,24H,21-23H2. The van der Waals surface area contributed by atoms with Crippen molar-refractivity contribution in [3.05, 3.63) is 149 Å². The molecule has 38 heavy (non-hydrogen) atoms. The first kappa shape index (κ1) is 24.0. The summed E-state index contributed by atoms with van der Waals surface area (Å²) >= 11 is 1.46. The molecule has 1 saturated heterocycles. The second kappa shape index (κ2) is 11.0. The van der Waals surface area contributed by atoms with E-state index in [1.807, 2.05) is 60.7 Å². The molecule has 0 aliphatic carbocycles. The third-order valence-corrected chi connectivity index (χ3v) is 7.66. The Bertz CT molecular complexity index is 1620. The molecule has 186 valence electrons. The van der Waals surface area contributed by atoms with Crippen LogP contribution in [0.1, 0.15) is 22.3 Å². The normalized spacial score (nSPS) is 15.7. The van der Waals surface area contributed by atoms with Gasteiger partial charge in [-0.05, 0) is 40.6 Å². The summed E-state index contributed by atoms with van der Waals surface area (Å²) in [6, 6.07) is 39.1. The molecular formula is C33H27N3OS. The van der Waals surface area contributed by atoms with Crippen molar-refractivity contribution in [1.29, 1.82) is 0 Å². The van der Waals surface area contributed by atoms with Crippen molar-refractivity contribution in [2.24, 2.45) is 4.99 Å². The fraction of sp³-hybridized carbons (Fsp3) is 0.0909. The van der Waals surface area contributed by atoms with Gasteiger partial charge in [0.2, 0.25) is 0 Å². The molecule has 1 fully saturated rings. The number of amides is 1. The van der Waals surface area contributed by atoms with Crippen molar-refractivity contribution in [2.75, 3.05) is 0 Å². The van der Waals surface area contributed by atoms with Gasteiger partial charge in [-0.15, -0.1) is 0 Å². The zero-order chi connectivity index (χ0) is 25.7. The van der Waals surface area contributed by atoms with E-state index in [-0.39, 0.29) is 5.91 Å². The van der Waals surface area contributed by atoms with Gasteiger partial charge in [0.25, 0.3) is 5.91 Å². The summed E-state index contributed by atoms with van der Waals surface area (Å²) in [5, 5.41) is 1.87. The molecule has 5 heteroatoms. The molecule has 0 bridgehead atoms. The summed E-state index contributed by atoms with van der Waals surface area (Å²) in [6.45, 7) is 1.80. The van der Waals surface area contributed by atoms with Crippen LogP contribution < -0.4 is 0 Å². The lowest BCUT2D eigenvalue weighted by atomic mass is 10.1. The molecule has 0 N–H and O–H groups in total. The van der Waals surface area contributed by atoms with Crippen molar-refractivity contribution in [3.63, 3.8) is 0 Å². The van der Waals surface area contributed by atoms with E-state index in [4.69, 9.17) is 4.99 Å². The molecule has 4 aromatic carbocycles. The summed E-state index contributed by atoms with van der Waals surface area (Å²) < 4.78 is 2.26. The first-order valence-corrected chi connectivity index (χ1v) is 13.5. The SMILES string of the molecule is O=C1C(=Cc2cn(Cc3ccccc3)c3ccccc23)SC(=NCc2ccccc2)N1Cc1ccccc1. The first-order valence-electron chi connectivity index (χ1n) is 12.7. The average Bonchev–Trinajstić information content (AvgIpc) is 3.46. The number of benzene rings is 4. The van der Waals surface area contributed by atoms with Crippen LogP contribution >= 0.6 is 11.8 Å². The molecule has 1 amide bonds. The number of para-hydroxylation sites is 1. The number of carbonyl (C=O) groups is 1. The Balaban J connectivity index is 1.35. The predicted octanol–water partition coefficient (Wildman–Crippen LogP) is 7.36. The maximum absolute atomic E-state index is 13.7. The minimum absolute atomic E-state index is 0.00875. The van der Waals surface area contributed by atoms with Gasteiger partial charge in [0.15, 0.2) is 5.17 Å². The Kier molecular flexibility index (Phi) is 6.92. The Morgan fingerprint density at radius 3 is 1.95 bits per heavy atom. The van der Waals surface area contributed by atoms with Crippen molar-refractivity contribution in [1.82, 2.24) is 9.47 Å². The number of aliphatic imine (C=N–C) groups is 1. The maximum atomic E-state index is 13.7. The van der Waals surface area contributed by atoms with Crippen LogP contribution in [-0.4, -0.2) is 20.5 Å². The fourth-order valence-corrected chi connectivity index (χ4v) is 5.68. The number of aromatic nitrogens is 1. The Morgan fingerprint density at radius 1 is 0.684 bits per heavy atom. The van der Waals surface area contributed by atoms with Crippen LogP contribution in [0.4, 0.5) is 0 Å². The van der Waals surface area contributed by atoms with Crippen molar-refractivity contribution in [2.45, 2.75) is 19.6 Å². The van der Waals surface area contributed by atoms with Gasteiger partial charge in [0.1, 0.15) is 0 Å². The van der Waals surface area contributed by atoms with Crippen LogP contribution in [-0.2, 0) is 24.4 Å². The number of amidine groups is 1.